The summed E-state index contributed by atoms with van der Waals surface area (Å²) in [4.78, 5) is 41.4. The number of esters is 2. The van der Waals surface area contributed by atoms with Crippen LogP contribution in [-0.2, 0) is 23.9 Å². The van der Waals surface area contributed by atoms with Crippen molar-refractivity contribution in [3.8, 4) is 0 Å². The largest absolute Gasteiger partial charge is 0.480 e. The fourth-order valence-corrected chi connectivity index (χ4v) is 4.14. The second kappa shape index (κ2) is 9.84. The van der Waals surface area contributed by atoms with Gasteiger partial charge in [0.25, 0.3) is 0 Å². The molecule has 2 fully saturated rings. The predicted octanol–water partition coefficient (Wildman–Crippen LogP) is -0.935. The third kappa shape index (κ3) is 5.88. The standard InChI is InChI=1S/C19H34N4O6/c1-5-23-11-10-20(3)6-7-21(13-17(26)28-4)8-9-22(12-16(24)25)15-19(23,2)29-18(27)14-23/h5H,6-15H2,1-4H3,(H,24,25)/t19-,23?/m0/s1. The van der Waals surface area contributed by atoms with Crippen molar-refractivity contribution in [1.82, 2.24) is 14.7 Å². The molecule has 2 heterocycles. The van der Waals surface area contributed by atoms with Gasteiger partial charge < -0.3 is 19.1 Å². The monoisotopic (exact) mass is 414 g/mol. The first kappa shape index (κ1) is 23.5. The SMILES string of the molecule is C[CH-][N+]12CCN(C)CCN(CC(=O)OC)CCN(CC(=O)O)C[C@]1(C)OC(=O)C2. The highest BCUT2D eigenvalue weighted by Crippen LogP contribution is 2.35. The van der Waals surface area contributed by atoms with Crippen molar-refractivity contribution >= 4 is 17.9 Å². The molecular weight excluding hydrogens is 380 g/mol. The minimum absolute atomic E-state index is 0.153. The van der Waals surface area contributed by atoms with Gasteiger partial charge in [0.15, 0.2) is 6.54 Å². The zero-order valence-electron chi connectivity index (χ0n) is 17.9. The van der Waals surface area contributed by atoms with Crippen molar-refractivity contribution in [2.75, 3.05) is 79.6 Å². The van der Waals surface area contributed by atoms with Crippen molar-refractivity contribution in [1.29, 1.82) is 0 Å². The van der Waals surface area contributed by atoms with Crippen LogP contribution in [0.2, 0.25) is 0 Å². The number of carboxylic acid groups (broad SMARTS) is 1. The van der Waals surface area contributed by atoms with Crippen LogP contribution in [-0.4, -0.2) is 128 Å². The fraction of sp³-hybridized carbons (Fsp3) is 0.789. The number of ether oxygens (including phenoxy) is 2. The summed E-state index contributed by atoms with van der Waals surface area (Å²) in [6, 6.07) is 0. The Balaban J connectivity index is 2.28. The molecule has 1 unspecified atom stereocenters. The zero-order chi connectivity index (χ0) is 21.7. The molecule has 1 N–H and O–H groups in total. The summed E-state index contributed by atoms with van der Waals surface area (Å²) < 4.78 is 10.9. The number of nitrogens with zero attached hydrogens (tertiary/aromatic N) is 4. The van der Waals surface area contributed by atoms with Crippen LogP contribution >= 0.6 is 0 Å². The summed E-state index contributed by atoms with van der Waals surface area (Å²) in [6.07, 6.45) is 0. The highest BCUT2D eigenvalue weighted by molar-refractivity contribution is 5.73. The first-order valence-electron chi connectivity index (χ1n) is 9.94. The quantitative estimate of drug-likeness (QED) is 0.347. The lowest BCUT2D eigenvalue weighted by Gasteiger charge is -2.52. The lowest BCUT2D eigenvalue weighted by atomic mass is 10.1. The smallest absolute Gasteiger partial charge is 0.364 e. The molecule has 10 heteroatoms. The van der Waals surface area contributed by atoms with Gasteiger partial charge >= 0.3 is 17.9 Å². The summed E-state index contributed by atoms with van der Waals surface area (Å²) in [5, 5.41) is 9.38. The maximum absolute atomic E-state index is 12.3. The summed E-state index contributed by atoms with van der Waals surface area (Å²) >= 11 is 0. The third-order valence-corrected chi connectivity index (χ3v) is 6.05. The molecule has 166 valence electrons. The molecule has 0 aromatic rings. The molecular formula is C19H34N4O6. The molecule has 10 nitrogen and oxygen atoms in total. The Kier molecular flexibility index (Phi) is 7.98. The maximum Gasteiger partial charge on any atom is 0.364 e. The van der Waals surface area contributed by atoms with Gasteiger partial charge in [-0.1, -0.05) is 0 Å². The van der Waals surface area contributed by atoms with Gasteiger partial charge in [-0.25, -0.2) is 4.79 Å². The van der Waals surface area contributed by atoms with Crippen LogP contribution in [0.1, 0.15) is 13.8 Å². The van der Waals surface area contributed by atoms with Crippen LogP contribution in [0.5, 0.6) is 0 Å². The molecule has 2 saturated heterocycles. The van der Waals surface area contributed by atoms with Crippen LogP contribution in [0.25, 0.3) is 0 Å². The average molecular weight is 415 g/mol. The van der Waals surface area contributed by atoms with E-state index in [1.54, 1.807) is 4.90 Å². The molecule has 0 bridgehead atoms. The number of fused-ring (bicyclic) bond motifs is 1. The molecule has 0 radical (unpaired) electrons. The van der Waals surface area contributed by atoms with E-state index in [-0.39, 0.29) is 31.6 Å². The Morgan fingerprint density at radius 3 is 2.48 bits per heavy atom. The summed E-state index contributed by atoms with van der Waals surface area (Å²) in [6.45, 7) is 10.1. The summed E-state index contributed by atoms with van der Waals surface area (Å²) in [7, 11) is 3.37. The maximum atomic E-state index is 12.3. The van der Waals surface area contributed by atoms with E-state index >= 15 is 0 Å². The average Bonchev–Trinajstić information content (AvgIpc) is 2.90. The van der Waals surface area contributed by atoms with Crippen LogP contribution in [0.3, 0.4) is 0 Å². The first-order valence-corrected chi connectivity index (χ1v) is 9.94. The van der Waals surface area contributed by atoms with Gasteiger partial charge in [-0.05, 0) is 7.05 Å². The molecule has 2 aliphatic heterocycles. The van der Waals surface area contributed by atoms with Gasteiger partial charge in [-0.15, -0.1) is 13.5 Å². The highest BCUT2D eigenvalue weighted by Gasteiger charge is 2.53. The molecule has 0 amide bonds. The minimum atomic E-state index is -0.942. The van der Waals surface area contributed by atoms with Crippen LogP contribution < -0.4 is 0 Å². The van der Waals surface area contributed by atoms with Crippen LogP contribution in [0, 0.1) is 6.54 Å². The normalized spacial score (nSPS) is 30.7. The van der Waals surface area contributed by atoms with Gasteiger partial charge in [0.05, 0.1) is 33.3 Å². The number of aliphatic carboxylic acids is 1. The number of methoxy groups -OCH3 is 1. The Morgan fingerprint density at radius 1 is 1.21 bits per heavy atom. The lowest BCUT2D eigenvalue weighted by Crippen LogP contribution is -2.64. The van der Waals surface area contributed by atoms with Gasteiger partial charge in [0.1, 0.15) is 0 Å². The van der Waals surface area contributed by atoms with Gasteiger partial charge in [-0.2, -0.15) is 0 Å². The van der Waals surface area contributed by atoms with Gasteiger partial charge in [0.2, 0.25) is 5.72 Å². The second-order valence-electron chi connectivity index (χ2n) is 8.08. The van der Waals surface area contributed by atoms with E-state index in [1.807, 2.05) is 32.3 Å². The molecule has 0 aromatic heterocycles. The molecule has 0 aromatic carbocycles. The topological polar surface area (TPSA) is 99.6 Å². The van der Waals surface area contributed by atoms with Crippen molar-refractivity contribution in [2.45, 2.75) is 19.6 Å². The lowest BCUT2D eigenvalue weighted by molar-refractivity contribution is -0.947. The summed E-state index contributed by atoms with van der Waals surface area (Å²) in [5.41, 5.74) is -0.867. The van der Waals surface area contributed by atoms with E-state index in [9.17, 15) is 19.5 Å². The van der Waals surface area contributed by atoms with E-state index in [1.165, 1.54) is 7.11 Å². The van der Waals surface area contributed by atoms with E-state index < -0.39 is 11.7 Å². The highest BCUT2D eigenvalue weighted by atomic mass is 16.6. The number of likely N-dealkylation sites (N-methyl/N-ethyl adjacent to an activating group) is 1. The number of hydrogen-bond acceptors (Lipinski definition) is 8. The van der Waals surface area contributed by atoms with E-state index in [2.05, 4.69) is 4.90 Å². The summed E-state index contributed by atoms with van der Waals surface area (Å²) in [5.74, 6) is -1.54. The fourth-order valence-electron chi connectivity index (χ4n) is 4.14. The molecule has 29 heavy (non-hydrogen) atoms. The minimum Gasteiger partial charge on any atom is -0.480 e. The molecule has 2 rings (SSSR count). The van der Waals surface area contributed by atoms with E-state index in [4.69, 9.17) is 9.47 Å². The third-order valence-electron chi connectivity index (χ3n) is 6.05. The Labute approximate surface area is 172 Å². The molecule has 2 aliphatic rings. The van der Waals surface area contributed by atoms with Crippen molar-refractivity contribution in [2.24, 2.45) is 0 Å². The van der Waals surface area contributed by atoms with E-state index in [0.717, 1.165) is 13.1 Å². The number of carboxylic acids is 1. The number of rotatable bonds is 5. The molecule has 0 spiro atoms. The first-order chi connectivity index (χ1) is 13.6. The molecule has 0 aliphatic carbocycles. The van der Waals surface area contributed by atoms with Crippen molar-refractivity contribution in [3.05, 3.63) is 6.54 Å². The van der Waals surface area contributed by atoms with Crippen molar-refractivity contribution in [3.63, 3.8) is 0 Å². The Bertz CT molecular complexity index is 618. The van der Waals surface area contributed by atoms with Crippen LogP contribution in [0.15, 0.2) is 0 Å². The predicted molar refractivity (Wildman–Crippen MR) is 104 cm³/mol. The number of quaternary nitrogens is 1. The second-order valence-corrected chi connectivity index (χ2v) is 8.08. The molecule has 0 saturated carbocycles. The number of carbonyl (C=O) groups is 3. The Hall–Kier alpha value is -1.75. The number of hydrogen-bond donors (Lipinski definition) is 1. The van der Waals surface area contributed by atoms with Gasteiger partial charge in [0, 0.05) is 39.6 Å². The van der Waals surface area contributed by atoms with Gasteiger partial charge in [-0.3, -0.25) is 24.3 Å². The van der Waals surface area contributed by atoms with Crippen LogP contribution in [0.4, 0.5) is 0 Å². The number of carbonyl (C=O) groups excluding carboxylic acids is 2. The Morgan fingerprint density at radius 2 is 1.86 bits per heavy atom. The zero-order valence-corrected chi connectivity index (χ0v) is 17.9. The van der Waals surface area contributed by atoms with Crippen molar-refractivity contribution < 1.29 is 33.4 Å². The van der Waals surface area contributed by atoms with E-state index in [0.29, 0.717) is 37.2 Å². The molecule has 2 atom stereocenters.